The molecule has 12 heavy (non-hydrogen) atoms. The summed E-state index contributed by atoms with van der Waals surface area (Å²) in [6.45, 7) is 0. The van der Waals surface area contributed by atoms with Crippen LogP contribution in [-0.4, -0.2) is 11.4 Å². The Morgan fingerprint density at radius 2 is 2.58 bits per heavy atom. The number of hydrogen-bond acceptors (Lipinski definition) is 4. The fourth-order valence-electron chi connectivity index (χ4n) is 0.689. The second kappa shape index (κ2) is 4.36. The Labute approximate surface area is 73.6 Å². The van der Waals surface area contributed by atoms with E-state index in [1.807, 2.05) is 5.40 Å². The maximum atomic E-state index is 10.1. The molecule has 0 saturated carbocycles. The van der Waals surface area contributed by atoms with Gasteiger partial charge < -0.3 is 5.32 Å². The molecule has 0 aliphatic heterocycles. The molecule has 0 aliphatic rings. The Balaban J connectivity index is 2.93. The lowest BCUT2D eigenvalue weighted by atomic mass is 10.4. The summed E-state index contributed by atoms with van der Waals surface area (Å²) in [5.74, 6) is 0. The summed E-state index contributed by atoms with van der Waals surface area (Å²) in [5.41, 5.74) is 0.555. The van der Waals surface area contributed by atoms with E-state index in [0.717, 1.165) is 11.8 Å². The van der Waals surface area contributed by atoms with Crippen LogP contribution in [0.25, 0.3) is 0 Å². The van der Waals surface area contributed by atoms with Crippen molar-refractivity contribution < 1.29 is 4.79 Å². The molecule has 4 nitrogen and oxygen atoms in total. The van der Waals surface area contributed by atoms with E-state index in [1.165, 1.54) is 0 Å². The summed E-state index contributed by atoms with van der Waals surface area (Å²) in [7, 11) is 0. The van der Waals surface area contributed by atoms with Crippen LogP contribution in [0.4, 0.5) is 5.69 Å². The average molecular weight is 179 g/mol. The van der Waals surface area contributed by atoms with E-state index in [-0.39, 0.29) is 0 Å². The van der Waals surface area contributed by atoms with Crippen LogP contribution >= 0.6 is 11.8 Å². The van der Waals surface area contributed by atoms with E-state index in [1.54, 1.807) is 18.3 Å². The first-order valence-corrected chi connectivity index (χ1v) is 3.91. The van der Waals surface area contributed by atoms with Crippen molar-refractivity contribution in [3.63, 3.8) is 0 Å². The molecule has 60 valence electrons. The smallest absolute Gasteiger partial charge is 0.211 e. The minimum atomic E-state index is 0.507. The first-order valence-electron chi connectivity index (χ1n) is 3.09. The van der Waals surface area contributed by atoms with Crippen LogP contribution in [0.3, 0.4) is 0 Å². The number of nitriles is 1. The van der Waals surface area contributed by atoms with Gasteiger partial charge in [0.05, 0.1) is 5.69 Å². The Hall–Kier alpha value is -1.54. The summed E-state index contributed by atoms with van der Waals surface area (Å²) in [6.07, 6.45) is 2.12. The summed E-state index contributed by atoms with van der Waals surface area (Å²) in [5, 5.41) is 13.2. The van der Waals surface area contributed by atoms with Crippen LogP contribution in [0.1, 0.15) is 0 Å². The Bertz CT molecular complexity index is 321. The van der Waals surface area contributed by atoms with Crippen molar-refractivity contribution in [2.45, 2.75) is 5.03 Å². The molecule has 0 radical (unpaired) electrons. The molecule has 1 aromatic heterocycles. The molecule has 0 bridgehead atoms. The number of thioether (sulfide) groups is 1. The van der Waals surface area contributed by atoms with E-state index >= 15 is 0 Å². The molecular formula is C7H5N3OS. The Morgan fingerprint density at radius 3 is 3.25 bits per heavy atom. The number of carbonyl (C=O) groups excluding carboxylic acids is 1. The lowest BCUT2D eigenvalue weighted by molar-refractivity contribution is -0.105. The normalized spacial score (nSPS) is 8.58. The molecular weight excluding hydrogens is 174 g/mol. The summed E-state index contributed by atoms with van der Waals surface area (Å²) in [4.78, 5) is 14.0. The molecule has 1 heterocycles. The molecule has 5 heteroatoms. The number of hydrogen-bond donors (Lipinski definition) is 1. The standard InChI is InChI=1S/C7H5N3OS/c8-4-12-7-6(10-5-11)2-1-3-9-7/h1-3,5H,(H,10,11). The van der Waals surface area contributed by atoms with Gasteiger partial charge in [0.2, 0.25) is 6.41 Å². The largest absolute Gasteiger partial charge is 0.326 e. The van der Waals surface area contributed by atoms with Crippen molar-refractivity contribution in [3.8, 4) is 5.40 Å². The van der Waals surface area contributed by atoms with Gasteiger partial charge in [0.25, 0.3) is 0 Å². The number of aromatic nitrogens is 1. The van der Waals surface area contributed by atoms with Gasteiger partial charge in [0, 0.05) is 18.0 Å². The second-order valence-corrected chi connectivity index (χ2v) is 2.59. The van der Waals surface area contributed by atoms with Gasteiger partial charge in [0.15, 0.2) is 0 Å². The number of rotatable bonds is 3. The van der Waals surface area contributed by atoms with E-state index in [9.17, 15) is 4.79 Å². The third-order valence-corrected chi connectivity index (χ3v) is 1.74. The van der Waals surface area contributed by atoms with Crippen molar-refractivity contribution >= 4 is 23.9 Å². The monoisotopic (exact) mass is 179 g/mol. The number of thiocyanates is 1. The molecule has 0 aromatic carbocycles. The van der Waals surface area contributed by atoms with Gasteiger partial charge in [-0.25, -0.2) is 4.98 Å². The predicted molar refractivity (Wildman–Crippen MR) is 45.4 cm³/mol. The average Bonchev–Trinajstić information content (AvgIpc) is 2.09. The van der Waals surface area contributed by atoms with Crippen molar-refractivity contribution in [2.75, 3.05) is 5.32 Å². The Kier molecular flexibility index (Phi) is 3.11. The van der Waals surface area contributed by atoms with E-state index in [2.05, 4.69) is 10.3 Å². The van der Waals surface area contributed by atoms with Crippen LogP contribution in [0.15, 0.2) is 23.4 Å². The highest BCUT2D eigenvalue weighted by Gasteiger charge is 2.01. The maximum Gasteiger partial charge on any atom is 0.211 e. The molecule has 0 unspecified atom stereocenters. The van der Waals surface area contributed by atoms with Gasteiger partial charge >= 0.3 is 0 Å². The fourth-order valence-corrected chi connectivity index (χ4v) is 1.13. The van der Waals surface area contributed by atoms with Gasteiger partial charge in [-0.05, 0) is 12.1 Å². The van der Waals surface area contributed by atoms with Crippen LogP contribution in [-0.2, 0) is 4.79 Å². The third-order valence-electron chi connectivity index (χ3n) is 1.13. The summed E-state index contributed by atoms with van der Waals surface area (Å²) < 4.78 is 0. The zero-order valence-corrected chi connectivity index (χ0v) is 6.84. The number of carbonyl (C=O) groups is 1. The number of amides is 1. The molecule has 1 N–H and O–H groups in total. The topological polar surface area (TPSA) is 65.8 Å². The zero-order valence-electron chi connectivity index (χ0n) is 6.02. The van der Waals surface area contributed by atoms with Gasteiger partial charge in [-0.2, -0.15) is 5.26 Å². The van der Waals surface area contributed by atoms with Crippen molar-refractivity contribution in [1.29, 1.82) is 5.26 Å². The molecule has 0 spiro atoms. The lowest BCUT2D eigenvalue weighted by Gasteiger charge is -2.00. The van der Waals surface area contributed by atoms with Crippen molar-refractivity contribution in [2.24, 2.45) is 0 Å². The summed E-state index contributed by atoms with van der Waals surface area (Å²) >= 11 is 0.915. The minimum Gasteiger partial charge on any atom is -0.326 e. The zero-order chi connectivity index (χ0) is 8.81. The van der Waals surface area contributed by atoms with E-state index in [0.29, 0.717) is 17.1 Å². The SMILES string of the molecule is N#CSc1ncccc1NC=O. The fraction of sp³-hybridized carbons (Fsp3) is 0. The molecule has 0 atom stereocenters. The van der Waals surface area contributed by atoms with Crippen molar-refractivity contribution in [1.82, 2.24) is 4.98 Å². The molecule has 0 saturated heterocycles. The number of anilines is 1. The van der Waals surface area contributed by atoms with Gasteiger partial charge in [0.1, 0.15) is 10.4 Å². The quantitative estimate of drug-likeness (QED) is 0.430. The number of nitrogens with one attached hydrogen (secondary N) is 1. The highest BCUT2D eigenvalue weighted by Crippen LogP contribution is 2.22. The van der Waals surface area contributed by atoms with E-state index < -0.39 is 0 Å². The predicted octanol–water partition coefficient (Wildman–Crippen LogP) is 1.22. The minimum absolute atomic E-state index is 0.507. The lowest BCUT2D eigenvalue weighted by Crippen LogP contribution is -1.96. The van der Waals surface area contributed by atoms with Crippen LogP contribution in [0, 0.1) is 10.7 Å². The maximum absolute atomic E-state index is 10.1. The number of nitrogens with zero attached hydrogens (tertiary/aromatic N) is 2. The molecule has 0 fully saturated rings. The first kappa shape index (κ1) is 8.56. The molecule has 1 rings (SSSR count). The van der Waals surface area contributed by atoms with Gasteiger partial charge in [-0.3, -0.25) is 4.79 Å². The Morgan fingerprint density at radius 1 is 1.75 bits per heavy atom. The molecule has 1 amide bonds. The van der Waals surface area contributed by atoms with E-state index in [4.69, 9.17) is 5.26 Å². The summed E-state index contributed by atoms with van der Waals surface area (Å²) in [6, 6.07) is 3.37. The molecule has 0 aliphatic carbocycles. The first-order chi connectivity index (χ1) is 5.88. The van der Waals surface area contributed by atoms with Crippen LogP contribution in [0.5, 0.6) is 0 Å². The van der Waals surface area contributed by atoms with Gasteiger partial charge in [-0.1, -0.05) is 0 Å². The molecule has 1 aromatic rings. The second-order valence-electron chi connectivity index (χ2n) is 1.81. The number of pyridine rings is 1. The van der Waals surface area contributed by atoms with Crippen LogP contribution < -0.4 is 5.32 Å². The van der Waals surface area contributed by atoms with Crippen LogP contribution in [0.2, 0.25) is 0 Å². The highest BCUT2D eigenvalue weighted by atomic mass is 32.2. The third kappa shape index (κ3) is 1.97. The highest BCUT2D eigenvalue weighted by molar-refractivity contribution is 8.03. The van der Waals surface area contributed by atoms with Crippen molar-refractivity contribution in [3.05, 3.63) is 18.3 Å². The van der Waals surface area contributed by atoms with Gasteiger partial charge in [-0.15, -0.1) is 0 Å².